The minimum absolute atomic E-state index is 0.0934. The Balaban J connectivity index is 1.81. The number of aromatic nitrogens is 1. The lowest BCUT2D eigenvalue weighted by Gasteiger charge is -2.22. The first-order valence-electron chi connectivity index (χ1n) is 6.01. The molecule has 1 aromatic heterocycles. The predicted octanol–water partition coefficient (Wildman–Crippen LogP) is 1.36. The zero-order valence-corrected chi connectivity index (χ0v) is 11.7. The molecule has 1 unspecified atom stereocenters. The molecule has 2 heterocycles. The van der Waals surface area contributed by atoms with Crippen LogP contribution in [0.2, 0.25) is 0 Å². The van der Waals surface area contributed by atoms with E-state index >= 15 is 0 Å². The summed E-state index contributed by atoms with van der Waals surface area (Å²) >= 11 is 1.49. The molecule has 102 valence electrons. The van der Waals surface area contributed by atoms with Gasteiger partial charge in [-0.15, -0.1) is 11.3 Å². The van der Waals surface area contributed by atoms with Crippen molar-refractivity contribution in [1.29, 1.82) is 0 Å². The first-order valence-corrected chi connectivity index (χ1v) is 8.64. The van der Waals surface area contributed by atoms with E-state index in [4.69, 9.17) is 0 Å². The smallest absolute Gasteiger partial charge is 0.153 e. The number of fused-ring (bicyclic) bond motifs is 1. The maximum absolute atomic E-state index is 13.1. The van der Waals surface area contributed by atoms with Crippen molar-refractivity contribution in [2.24, 2.45) is 0 Å². The van der Waals surface area contributed by atoms with Crippen molar-refractivity contribution in [2.75, 3.05) is 18.1 Å². The summed E-state index contributed by atoms with van der Waals surface area (Å²) in [7, 11) is -2.93. The van der Waals surface area contributed by atoms with Crippen molar-refractivity contribution in [3.63, 3.8) is 0 Å². The Morgan fingerprint density at radius 2 is 2.32 bits per heavy atom. The van der Waals surface area contributed by atoms with Crippen LogP contribution in [0.5, 0.6) is 0 Å². The van der Waals surface area contributed by atoms with Gasteiger partial charge in [0.15, 0.2) is 9.84 Å². The molecular formula is C12H13FN2O2S2. The Bertz CT molecular complexity index is 712. The van der Waals surface area contributed by atoms with E-state index in [0.717, 1.165) is 9.71 Å². The van der Waals surface area contributed by atoms with Gasteiger partial charge in [0.2, 0.25) is 0 Å². The summed E-state index contributed by atoms with van der Waals surface area (Å²) in [4.78, 5) is 4.36. The third-order valence-electron chi connectivity index (χ3n) is 3.12. The highest BCUT2D eigenvalue weighted by Crippen LogP contribution is 2.24. The van der Waals surface area contributed by atoms with Crippen LogP contribution in [0, 0.1) is 5.82 Å². The summed E-state index contributed by atoms with van der Waals surface area (Å²) in [5, 5.41) is 4.04. The normalized spacial score (nSPS) is 22.7. The zero-order chi connectivity index (χ0) is 13.5. The Labute approximate surface area is 114 Å². The van der Waals surface area contributed by atoms with Crippen molar-refractivity contribution in [2.45, 2.75) is 12.5 Å². The molecule has 0 bridgehead atoms. The average molecular weight is 300 g/mol. The first kappa shape index (κ1) is 13.0. The van der Waals surface area contributed by atoms with Crippen LogP contribution in [0.25, 0.3) is 10.2 Å². The molecule has 1 aromatic carbocycles. The van der Waals surface area contributed by atoms with Crippen LogP contribution in [0.4, 0.5) is 4.39 Å². The van der Waals surface area contributed by atoms with Crippen molar-refractivity contribution in [3.05, 3.63) is 29.0 Å². The summed E-state index contributed by atoms with van der Waals surface area (Å²) < 4.78 is 37.1. The molecule has 0 aliphatic carbocycles. The molecule has 3 rings (SSSR count). The summed E-state index contributed by atoms with van der Waals surface area (Å²) in [6.45, 7) is 0.493. The van der Waals surface area contributed by atoms with E-state index in [9.17, 15) is 12.8 Å². The second-order valence-electron chi connectivity index (χ2n) is 4.69. The summed E-state index contributed by atoms with van der Waals surface area (Å²) in [6.07, 6.45) is 0.570. The van der Waals surface area contributed by atoms with Crippen LogP contribution in [-0.4, -0.2) is 37.5 Å². The van der Waals surface area contributed by atoms with E-state index in [0.29, 0.717) is 18.5 Å². The third kappa shape index (κ3) is 2.93. The molecule has 1 aliphatic heterocycles. The van der Waals surface area contributed by atoms with Gasteiger partial charge in [-0.1, -0.05) is 0 Å². The molecule has 1 N–H and O–H groups in total. The minimum Gasteiger partial charge on any atom is -0.312 e. The molecule has 0 radical (unpaired) electrons. The van der Waals surface area contributed by atoms with Crippen LogP contribution < -0.4 is 5.32 Å². The van der Waals surface area contributed by atoms with Crippen LogP contribution in [0.1, 0.15) is 5.01 Å². The lowest BCUT2D eigenvalue weighted by atomic mass is 10.2. The number of nitrogens with zero attached hydrogens (tertiary/aromatic N) is 1. The monoisotopic (exact) mass is 300 g/mol. The predicted molar refractivity (Wildman–Crippen MR) is 73.7 cm³/mol. The fourth-order valence-corrected chi connectivity index (χ4v) is 4.72. The van der Waals surface area contributed by atoms with Gasteiger partial charge in [-0.25, -0.2) is 17.8 Å². The average Bonchev–Trinajstić information content (AvgIpc) is 2.68. The molecule has 1 saturated heterocycles. The van der Waals surface area contributed by atoms with E-state index in [2.05, 4.69) is 10.3 Å². The third-order valence-corrected chi connectivity index (χ3v) is 5.91. The Morgan fingerprint density at radius 3 is 3.11 bits per heavy atom. The minimum atomic E-state index is -2.93. The van der Waals surface area contributed by atoms with Crippen LogP contribution in [0.3, 0.4) is 0 Å². The molecular weight excluding hydrogens is 287 g/mol. The van der Waals surface area contributed by atoms with Crippen molar-refractivity contribution >= 4 is 31.4 Å². The van der Waals surface area contributed by atoms with E-state index in [1.165, 1.54) is 23.5 Å². The number of hydrogen-bond donors (Lipinski definition) is 1. The molecule has 1 atom stereocenters. The molecule has 0 spiro atoms. The summed E-state index contributed by atoms with van der Waals surface area (Å²) in [5.74, 6) is 0.0500. The van der Waals surface area contributed by atoms with Gasteiger partial charge in [0, 0.05) is 25.1 Å². The van der Waals surface area contributed by atoms with E-state index in [1.807, 2.05) is 0 Å². The van der Waals surface area contributed by atoms with E-state index < -0.39 is 9.84 Å². The van der Waals surface area contributed by atoms with Crippen molar-refractivity contribution in [1.82, 2.24) is 10.3 Å². The highest BCUT2D eigenvalue weighted by atomic mass is 32.2. The molecule has 19 heavy (non-hydrogen) atoms. The van der Waals surface area contributed by atoms with Crippen molar-refractivity contribution < 1.29 is 12.8 Å². The lowest BCUT2D eigenvalue weighted by Crippen LogP contribution is -2.46. The SMILES string of the molecule is O=S1(=O)CCNC(Cc2nc3cc(F)ccc3s2)C1. The molecule has 2 aromatic rings. The van der Waals surface area contributed by atoms with Gasteiger partial charge < -0.3 is 5.32 Å². The van der Waals surface area contributed by atoms with Crippen LogP contribution in [0.15, 0.2) is 18.2 Å². The van der Waals surface area contributed by atoms with Gasteiger partial charge in [-0.3, -0.25) is 0 Å². The molecule has 0 amide bonds. The number of thiazole rings is 1. The first-order chi connectivity index (χ1) is 9.02. The zero-order valence-electron chi connectivity index (χ0n) is 10.1. The number of benzene rings is 1. The van der Waals surface area contributed by atoms with E-state index in [-0.39, 0.29) is 23.4 Å². The maximum Gasteiger partial charge on any atom is 0.153 e. The number of hydrogen-bond acceptors (Lipinski definition) is 5. The molecule has 7 heteroatoms. The van der Waals surface area contributed by atoms with Gasteiger partial charge in [0.05, 0.1) is 26.7 Å². The largest absolute Gasteiger partial charge is 0.312 e. The maximum atomic E-state index is 13.1. The summed E-state index contributed by atoms with van der Waals surface area (Å²) in [6, 6.07) is 4.43. The lowest BCUT2D eigenvalue weighted by molar-refractivity contribution is 0.515. The highest BCUT2D eigenvalue weighted by molar-refractivity contribution is 7.91. The van der Waals surface area contributed by atoms with Gasteiger partial charge in [0.25, 0.3) is 0 Å². The number of sulfone groups is 1. The highest BCUT2D eigenvalue weighted by Gasteiger charge is 2.25. The van der Waals surface area contributed by atoms with Gasteiger partial charge >= 0.3 is 0 Å². The van der Waals surface area contributed by atoms with Crippen LogP contribution in [-0.2, 0) is 16.3 Å². The molecule has 0 saturated carbocycles. The standard InChI is InChI=1S/C12H13FN2O2S2/c13-8-1-2-11-10(5-8)15-12(18-11)6-9-7-19(16,17)4-3-14-9/h1-2,5,9,14H,3-4,6-7H2. The quantitative estimate of drug-likeness (QED) is 0.910. The van der Waals surface area contributed by atoms with Gasteiger partial charge in [-0.05, 0) is 12.1 Å². The van der Waals surface area contributed by atoms with Crippen molar-refractivity contribution in [3.8, 4) is 0 Å². The number of rotatable bonds is 2. The molecule has 4 nitrogen and oxygen atoms in total. The second kappa shape index (κ2) is 4.81. The summed E-state index contributed by atoms with van der Waals surface area (Å²) in [5.41, 5.74) is 0.638. The molecule has 1 aliphatic rings. The molecule has 1 fully saturated rings. The fraction of sp³-hybridized carbons (Fsp3) is 0.417. The second-order valence-corrected chi connectivity index (χ2v) is 8.03. The Morgan fingerprint density at radius 1 is 1.47 bits per heavy atom. The van der Waals surface area contributed by atoms with E-state index in [1.54, 1.807) is 6.07 Å². The fourth-order valence-electron chi connectivity index (χ4n) is 2.24. The Hall–Kier alpha value is -1.05. The van der Waals surface area contributed by atoms with Gasteiger partial charge in [0.1, 0.15) is 5.82 Å². The topological polar surface area (TPSA) is 59.1 Å². The number of nitrogens with one attached hydrogen (secondary N) is 1. The number of halogens is 1. The Kier molecular flexibility index (Phi) is 3.28. The van der Waals surface area contributed by atoms with Gasteiger partial charge in [-0.2, -0.15) is 0 Å². The van der Waals surface area contributed by atoms with Crippen LogP contribution >= 0.6 is 11.3 Å².